The van der Waals surface area contributed by atoms with E-state index in [2.05, 4.69) is 16.1 Å². The molecule has 0 aliphatic carbocycles. The molecule has 1 aromatic carbocycles. The van der Waals surface area contributed by atoms with Crippen molar-refractivity contribution in [3.63, 3.8) is 0 Å². The Hall–Kier alpha value is -2.89. The van der Waals surface area contributed by atoms with Crippen LogP contribution >= 0.6 is 0 Å². The lowest BCUT2D eigenvalue weighted by molar-refractivity contribution is -0.117. The number of benzene rings is 1. The molecule has 3 heterocycles. The molecule has 6 heteroatoms. The van der Waals surface area contributed by atoms with E-state index in [4.69, 9.17) is 0 Å². The molecule has 23 heavy (non-hydrogen) atoms. The fourth-order valence-corrected chi connectivity index (χ4v) is 2.92. The summed E-state index contributed by atoms with van der Waals surface area (Å²) in [6.45, 7) is 1.73. The number of rotatable bonds is 2. The zero-order valence-electron chi connectivity index (χ0n) is 12.9. The largest absolute Gasteiger partial charge is 0.345 e. The number of amides is 1. The average molecular weight is 307 g/mol. The van der Waals surface area contributed by atoms with Gasteiger partial charge in [-0.2, -0.15) is 5.10 Å². The first kappa shape index (κ1) is 13.8. The third-order valence-corrected chi connectivity index (χ3v) is 4.13. The van der Waals surface area contributed by atoms with Gasteiger partial charge in [-0.1, -0.05) is 18.2 Å². The van der Waals surface area contributed by atoms with Crippen molar-refractivity contribution in [2.75, 3.05) is 29.4 Å². The van der Waals surface area contributed by atoms with E-state index in [1.54, 1.807) is 15.8 Å². The van der Waals surface area contributed by atoms with Gasteiger partial charge in [-0.05, 0) is 18.2 Å². The Morgan fingerprint density at radius 1 is 1.09 bits per heavy atom. The summed E-state index contributed by atoms with van der Waals surface area (Å²) in [5, 5.41) is 5.24. The highest BCUT2D eigenvalue weighted by Gasteiger charge is 2.26. The maximum Gasteiger partial charge on any atom is 0.246 e. The van der Waals surface area contributed by atoms with Crippen molar-refractivity contribution in [3.05, 3.63) is 48.8 Å². The second kappa shape index (κ2) is 5.39. The Labute approximate surface area is 133 Å². The molecule has 1 saturated heterocycles. The summed E-state index contributed by atoms with van der Waals surface area (Å²) >= 11 is 0. The van der Waals surface area contributed by atoms with E-state index in [-0.39, 0.29) is 5.91 Å². The van der Waals surface area contributed by atoms with Crippen molar-refractivity contribution in [2.45, 2.75) is 0 Å². The zero-order chi connectivity index (χ0) is 15.8. The Morgan fingerprint density at radius 2 is 1.96 bits per heavy atom. The Balaban J connectivity index is 1.56. The van der Waals surface area contributed by atoms with Gasteiger partial charge < -0.3 is 9.80 Å². The SMILES string of the molecule is Cn1cc(N2CCN(c3ccc4ccccc4n3)CC2=O)cn1. The molecule has 1 fully saturated rings. The minimum Gasteiger partial charge on any atom is -0.345 e. The minimum atomic E-state index is 0.0687. The van der Waals surface area contributed by atoms with Crippen LogP contribution in [0.2, 0.25) is 0 Å². The number of carbonyl (C=O) groups excluding carboxylic acids is 1. The van der Waals surface area contributed by atoms with Crippen molar-refractivity contribution < 1.29 is 4.79 Å². The third-order valence-electron chi connectivity index (χ3n) is 4.13. The average Bonchev–Trinajstić information content (AvgIpc) is 3.00. The van der Waals surface area contributed by atoms with Crippen LogP contribution in [0.4, 0.5) is 11.5 Å². The van der Waals surface area contributed by atoms with E-state index in [0.717, 1.165) is 29.0 Å². The van der Waals surface area contributed by atoms with Crippen LogP contribution in [0.3, 0.4) is 0 Å². The van der Waals surface area contributed by atoms with E-state index >= 15 is 0 Å². The maximum absolute atomic E-state index is 12.5. The van der Waals surface area contributed by atoms with E-state index in [1.807, 2.05) is 48.5 Å². The molecule has 0 unspecified atom stereocenters. The van der Waals surface area contributed by atoms with Crippen molar-refractivity contribution in [1.29, 1.82) is 0 Å². The number of aryl methyl sites for hydroxylation is 1. The standard InChI is InChI=1S/C17H17N5O/c1-20-11-14(10-18-20)22-9-8-21(12-17(22)23)16-7-6-13-4-2-3-5-15(13)19-16/h2-7,10-11H,8-9,12H2,1H3. The van der Waals surface area contributed by atoms with Crippen LogP contribution in [0.25, 0.3) is 10.9 Å². The van der Waals surface area contributed by atoms with Crippen LogP contribution in [0.1, 0.15) is 0 Å². The summed E-state index contributed by atoms with van der Waals surface area (Å²) in [5.74, 6) is 0.919. The minimum absolute atomic E-state index is 0.0687. The molecule has 116 valence electrons. The first-order valence-electron chi connectivity index (χ1n) is 7.60. The number of carbonyl (C=O) groups is 1. The lowest BCUT2D eigenvalue weighted by Gasteiger charge is -2.34. The number of anilines is 2. The summed E-state index contributed by atoms with van der Waals surface area (Å²) in [5.41, 5.74) is 1.80. The van der Waals surface area contributed by atoms with E-state index in [9.17, 15) is 4.79 Å². The molecule has 2 aromatic heterocycles. The highest BCUT2D eigenvalue weighted by Crippen LogP contribution is 2.21. The molecule has 6 nitrogen and oxygen atoms in total. The molecule has 3 aromatic rings. The van der Waals surface area contributed by atoms with Crippen molar-refractivity contribution in [2.24, 2.45) is 7.05 Å². The van der Waals surface area contributed by atoms with E-state index in [1.165, 1.54) is 0 Å². The van der Waals surface area contributed by atoms with Crippen molar-refractivity contribution in [3.8, 4) is 0 Å². The zero-order valence-corrected chi connectivity index (χ0v) is 12.9. The van der Waals surface area contributed by atoms with Gasteiger partial charge >= 0.3 is 0 Å². The van der Waals surface area contributed by atoms with Crippen LogP contribution in [0.15, 0.2) is 48.8 Å². The molecular formula is C17H17N5O. The number of hydrogen-bond donors (Lipinski definition) is 0. The Kier molecular flexibility index (Phi) is 3.22. The molecule has 1 aliphatic heterocycles. The highest BCUT2D eigenvalue weighted by atomic mass is 16.2. The number of hydrogen-bond acceptors (Lipinski definition) is 4. The van der Waals surface area contributed by atoms with Crippen LogP contribution < -0.4 is 9.80 Å². The first-order valence-corrected chi connectivity index (χ1v) is 7.60. The monoisotopic (exact) mass is 307 g/mol. The summed E-state index contributed by atoms with van der Waals surface area (Å²) < 4.78 is 1.71. The molecule has 0 bridgehead atoms. The molecule has 0 saturated carbocycles. The van der Waals surface area contributed by atoms with Gasteiger partial charge in [-0.25, -0.2) is 4.98 Å². The Morgan fingerprint density at radius 3 is 2.74 bits per heavy atom. The molecule has 0 radical (unpaired) electrons. The number of piperazine rings is 1. The fraction of sp³-hybridized carbons (Fsp3) is 0.235. The molecule has 1 aliphatic rings. The molecule has 0 atom stereocenters. The van der Waals surface area contributed by atoms with Gasteiger partial charge in [0.05, 0.1) is 23.9 Å². The van der Waals surface area contributed by atoms with Gasteiger partial charge in [0.2, 0.25) is 5.91 Å². The van der Waals surface area contributed by atoms with Crippen LogP contribution in [-0.4, -0.2) is 40.3 Å². The summed E-state index contributed by atoms with van der Waals surface area (Å²) in [7, 11) is 1.85. The van der Waals surface area contributed by atoms with Gasteiger partial charge in [-0.15, -0.1) is 0 Å². The lowest BCUT2D eigenvalue weighted by atomic mass is 10.2. The molecule has 0 N–H and O–H groups in total. The molecular weight excluding hydrogens is 290 g/mol. The summed E-state index contributed by atoms with van der Waals surface area (Å²) in [6, 6.07) is 12.0. The second-order valence-electron chi connectivity index (χ2n) is 5.70. The van der Waals surface area contributed by atoms with Crippen molar-refractivity contribution in [1.82, 2.24) is 14.8 Å². The normalized spacial score (nSPS) is 15.4. The van der Waals surface area contributed by atoms with E-state index in [0.29, 0.717) is 13.1 Å². The van der Waals surface area contributed by atoms with Crippen molar-refractivity contribution >= 4 is 28.3 Å². The molecule has 4 rings (SSSR count). The van der Waals surface area contributed by atoms with Gasteiger partial charge in [0.25, 0.3) is 0 Å². The van der Waals surface area contributed by atoms with Gasteiger partial charge in [0, 0.05) is 31.7 Å². The summed E-state index contributed by atoms with van der Waals surface area (Å²) in [6.07, 6.45) is 3.59. The smallest absolute Gasteiger partial charge is 0.246 e. The second-order valence-corrected chi connectivity index (χ2v) is 5.70. The van der Waals surface area contributed by atoms with Crippen LogP contribution in [-0.2, 0) is 11.8 Å². The van der Waals surface area contributed by atoms with Gasteiger partial charge in [-0.3, -0.25) is 9.48 Å². The molecule has 1 amide bonds. The topological polar surface area (TPSA) is 54.3 Å². The van der Waals surface area contributed by atoms with Gasteiger partial charge in [0.1, 0.15) is 5.82 Å². The lowest BCUT2D eigenvalue weighted by Crippen LogP contribution is -2.50. The third kappa shape index (κ3) is 2.52. The number of para-hydroxylation sites is 1. The maximum atomic E-state index is 12.5. The predicted molar refractivity (Wildman–Crippen MR) is 89.5 cm³/mol. The predicted octanol–water partition coefficient (Wildman–Crippen LogP) is 1.82. The first-order chi connectivity index (χ1) is 11.2. The quantitative estimate of drug-likeness (QED) is 0.725. The van der Waals surface area contributed by atoms with Crippen LogP contribution in [0.5, 0.6) is 0 Å². The number of fused-ring (bicyclic) bond motifs is 1. The van der Waals surface area contributed by atoms with E-state index < -0.39 is 0 Å². The number of nitrogens with zero attached hydrogens (tertiary/aromatic N) is 5. The number of aromatic nitrogens is 3. The number of pyridine rings is 1. The highest BCUT2D eigenvalue weighted by molar-refractivity contribution is 5.97. The van der Waals surface area contributed by atoms with Gasteiger partial charge in [0.15, 0.2) is 0 Å². The summed E-state index contributed by atoms with van der Waals surface area (Å²) in [4.78, 5) is 21.0. The van der Waals surface area contributed by atoms with Crippen LogP contribution in [0, 0.1) is 0 Å². The fourth-order valence-electron chi connectivity index (χ4n) is 2.92. The molecule has 0 spiro atoms. The Bertz CT molecular complexity index is 872.